The Labute approximate surface area is 125 Å². The third-order valence-corrected chi connectivity index (χ3v) is 5.85. The molecule has 0 radical (unpaired) electrons. The fourth-order valence-electron chi connectivity index (χ4n) is 2.03. The van der Waals surface area contributed by atoms with Gasteiger partial charge < -0.3 is 10.4 Å². The van der Waals surface area contributed by atoms with Crippen molar-refractivity contribution in [2.45, 2.75) is 19.8 Å². The molecule has 1 fully saturated rings. The van der Waals surface area contributed by atoms with Gasteiger partial charge in [-0.1, -0.05) is 6.07 Å². The summed E-state index contributed by atoms with van der Waals surface area (Å²) in [6.45, 7) is 2.56. The Hall–Kier alpha value is -1.24. The Morgan fingerprint density at radius 1 is 1.55 bits per heavy atom. The average Bonchev–Trinajstić information content (AvgIpc) is 2.87. The van der Waals surface area contributed by atoms with E-state index in [1.165, 1.54) is 11.3 Å². The van der Waals surface area contributed by atoms with Gasteiger partial charge in [0.15, 0.2) is 0 Å². The van der Waals surface area contributed by atoms with E-state index in [2.05, 4.69) is 10.3 Å². The number of aliphatic hydroxyl groups is 1. The van der Waals surface area contributed by atoms with Gasteiger partial charge in [-0.25, -0.2) is 4.98 Å². The number of aliphatic hydroxyl groups excluding tert-OH is 1. The third kappa shape index (κ3) is 2.63. The molecule has 106 valence electrons. The van der Waals surface area contributed by atoms with Crippen LogP contribution in [0.25, 0.3) is 9.88 Å². The summed E-state index contributed by atoms with van der Waals surface area (Å²) < 4.78 is 0. The minimum Gasteiger partial charge on any atom is -0.396 e. The molecule has 6 heteroatoms. The molecule has 2 aromatic heterocycles. The normalized spacial score (nSPS) is 16.1. The van der Waals surface area contributed by atoms with E-state index >= 15 is 0 Å². The quantitative estimate of drug-likeness (QED) is 0.892. The largest absolute Gasteiger partial charge is 0.396 e. The van der Waals surface area contributed by atoms with Gasteiger partial charge in [0.05, 0.1) is 17.2 Å². The summed E-state index contributed by atoms with van der Waals surface area (Å²) >= 11 is 3.05. The second kappa shape index (κ2) is 5.27. The molecule has 0 aromatic carbocycles. The summed E-state index contributed by atoms with van der Waals surface area (Å²) in [5.41, 5.74) is 0.704. The van der Waals surface area contributed by atoms with Crippen LogP contribution in [0.2, 0.25) is 0 Å². The van der Waals surface area contributed by atoms with Crippen molar-refractivity contribution in [1.29, 1.82) is 0 Å². The van der Waals surface area contributed by atoms with Crippen LogP contribution in [-0.4, -0.2) is 29.1 Å². The summed E-state index contributed by atoms with van der Waals surface area (Å²) in [6, 6.07) is 3.99. The Bertz CT molecular complexity index is 615. The first-order valence-electron chi connectivity index (χ1n) is 6.54. The van der Waals surface area contributed by atoms with Crippen molar-refractivity contribution in [2.75, 3.05) is 13.2 Å². The number of thiazole rings is 1. The molecule has 0 unspecified atom stereocenters. The molecule has 1 aliphatic carbocycles. The summed E-state index contributed by atoms with van der Waals surface area (Å²) in [5, 5.41) is 15.1. The fraction of sp³-hybridized carbons (Fsp3) is 0.429. The van der Waals surface area contributed by atoms with Crippen LogP contribution in [0.1, 0.15) is 28.2 Å². The fourth-order valence-corrected chi connectivity index (χ4v) is 3.81. The van der Waals surface area contributed by atoms with Gasteiger partial charge in [-0.15, -0.1) is 22.7 Å². The number of hydrogen-bond donors (Lipinski definition) is 2. The standard InChI is InChI=1S/C14H16N2O2S2/c1-9-11(12(18)15-7-14(8-17)4-5-14)20-13(16-9)10-3-2-6-19-10/h2-3,6,17H,4-5,7-8H2,1H3,(H,15,18). The van der Waals surface area contributed by atoms with Crippen molar-refractivity contribution in [3.8, 4) is 9.88 Å². The van der Waals surface area contributed by atoms with Crippen LogP contribution in [-0.2, 0) is 0 Å². The molecule has 2 N–H and O–H groups in total. The number of hydrogen-bond acceptors (Lipinski definition) is 5. The predicted molar refractivity (Wildman–Crippen MR) is 81.3 cm³/mol. The maximum absolute atomic E-state index is 12.2. The van der Waals surface area contributed by atoms with E-state index in [9.17, 15) is 9.90 Å². The highest BCUT2D eigenvalue weighted by atomic mass is 32.1. The number of carbonyl (C=O) groups is 1. The SMILES string of the molecule is Cc1nc(-c2cccs2)sc1C(=O)NCC1(CO)CC1. The second-order valence-corrected chi connectivity index (χ2v) is 7.20. The first-order chi connectivity index (χ1) is 9.63. The molecule has 20 heavy (non-hydrogen) atoms. The zero-order valence-electron chi connectivity index (χ0n) is 11.2. The summed E-state index contributed by atoms with van der Waals surface area (Å²) in [7, 11) is 0. The van der Waals surface area contributed by atoms with E-state index in [4.69, 9.17) is 0 Å². The molecule has 1 amide bonds. The Morgan fingerprint density at radius 2 is 2.35 bits per heavy atom. The average molecular weight is 308 g/mol. The highest BCUT2D eigenvalue weighted by molar-refractivity contribution is 7.22. The van der Waals surface area contributed by atoms with Gasteiger partial charge in [0, 0.05) is 12.0 Å². The van der Waals surface area contributed by atoms with Gasteiger partial charge in [0.2, 0.25) is 0 Å². The maximum atomic E-state index is 12.2. The van der Waals surface area contributed by atoms with Crippen LogP contribution in [0.5, 0.6) is 0 Å². The zero-order valence-corrected chi connectivity index (χ0v) is 12.8. The predicted octanol–water partition coefficient (Wildman–Crippen LogP) is 2.68. The van der Waals surface area contributed by atoms with Gasteiger partial charge in [0.1, 0.15) is 9.88 Å². The number of aromatic nitrogens is 1. The molecule has 3 rings (SSSR count). The molecule has 1 aliphatic rings. The zero-order chi connectivity index (χ0) is 14.2. The Morgan fingerprint density at radius 3 is 2.95 bits per heavy atom. The number of aryl methyl sites for hydroxylation is 1. The number of rotatable bonds is 5. The monoisotopic (exact) mass is 308 g/mol. The lowest BCUT2D eigenvalue weighted by Gasteiger charge is -2.11. The number of carbonyl (C=O) groups excluding carboxylic acids is 1. The van der Waals surface area contributed by atoms with Crippen LogP contribution in [0.15, 0.2) is 17.5 Å². The Kier molecular flexibility index (Phi) is 3.62. The smallest absolute Gasteiger partial charge is 0.263 e. The molecular weight excluding hydrogens is 292 g/mol. The summed E-state index contributed by atoms with van der Waals surface area (Å²) in [4.78, 5) is 18.5. The number of amides is 1. The van der Waals surface area contributed by atoms with Crippen molar-refractivity contribution in [2.24, 2.45) is 5.41 Å². The molecule has 0 spiro atoms. The van der Waals surface area contributed by atoms with Gasteiger partial charge in [-0.2, -0.15) is 0 Å². The van der Waals surface area contributed by atoms with Gasteiger partial charge >= 0.3 is 0 Å². The van der Waals surface area contributed by atoms with Crippen molar-refractivity contribution >= 4 is 28.6 Å². The number of nitrogens with zero attached hydrogens (tertiary/aromatic N) is 1. The topological polar surface area (TPSA) is 62.2 Å². The third-order valence-electron chi connectivity index (χ3n) is 3.65. The number of thiophene rings is 1. The molecule has 4 nitrogen and oxygen atoms in total. The van der Waals surface area contributed by atoms with E-state index in [1.807, 2.05) is 24.4 Å². The molecule has 2 heterocycles. The minimum atomic E-state index is -0.0810. The molecular formula is C14H16N2O2S2. The minimum absolute atomic E-state index is 0.0646. The van der Waals surface area contributed by atoms with Crippen molar-refractivity contribution < 1.29 is 9.90 Å². The Balaban J connectivity index is 1.72. The highest BCUT2D eigenvalue weighted by Crippen LogP contribution is 2.44. The van der Waals surface area contributed by atoms with Crippen LogP contribution in [0, 0.1) is 12.3 Å². The van der Waals surface area contributed by atoms with Gasteiger partial charge in [-0.3, -0.25) is 4.79 Å². The van der Waals surface area contributed by atoms with E-state index < -0.39 is 0 Å². The lowest BCUT2D eigenvalue weighted by atomic mass is 10.1. The van der Waals surface area contributed by atoms with Crippen molar-refractivity contribution in [3.05, 3.63) is 28.1 Å². The first kappa shape index (κ1) is 13.7. The van der Waals surface area contributed by atoms with E-state index in [-0.39, 0.29) is 17.9 Å². The molecule has 2 aromatic rings. The molecule has 0 atom stereocenters. The summed E-state index contributed by atoms with van der Waals surface area (Å²) in [6.07, 6.45) is 1.98. The number of nitrogens with one attached hydrogen (secondary N) is 1. The molecule has 0 bridgehead atoms. The van der Waals surface area contributed by atoms with E-state index in [0.29, 0.717) is 11.4 Å². The van der Waals surface area contributed by atoms with Crippen LogP contribution >= 0.6 is 22.7 Å². The molecule has 0 saturated heterocycles. The molecule has 1 saturated carbocycles. The lowest BCUT2D eigenvalue weighted by Crippen LogP contribution is -2.31. The first-order valence-corrected chi connectivity index (χ1v) is 8.23. The van der Waals surface area contributed by atoms with E-state index in [0.717, 1.165) is 28.4 Å². The lowest BCUT2D eigenvalue weighted by molar-refractivity contribution is 0.0938. The van der Waals surface area contributed by atoms with Crippen molar-refractivity contribution in [3.63, 3.8) is 0 Å². The van der Waals surface area contributed by atoms with Crippen LogP contribution in [0.4, 0.5) is 0 Å². The van der Waals surface area contributed by atoms with Crippen LogP contribution in [0.3, 0.4) is 0 Å². The summed E-state index contributed by atoms with van der Waals surface area (Å²) in [5.74, 6) is -0.0810. The van der Waals surface area contributed by atoms with E-state index in [1.54, 1.807) is 11.3 Å². The molecule has 0 aliphatic heterocycles. The maximum Gasteiger partial charge on any atom is 0.263 e. The van der Waals surface area contributed by atoms with Crippen molar-refractivity contribution in [1.82, 2.24) is 10.3 Å². The highest BCUT2D eigenvalue weighted by Gasteiger charge is 2.42. The van der Waals surface area contributed by atoms with Crippen LogP contribution < -0.4 is 5.32 Å². The van der Waals surface area contributed by atoms with Gasteiger partial charge in [0.25, 0.3) is 5.91 Å². The van der Waals surface area contributed by atoms with Gasteiger partial charge in [-0.05, 0) is 31.2 Å². The second-order valence-electron chi connectivity index (χ2n) is 5.25.